The van der Waals surface area contributed by atoms with Crippen LogP contribution in [0.25, 0.3) is 0 Å². The number of rotatable bonds is 1. The lowest BCUT2D eigenvalue weighted by atomic mass is 9.90. The highest BCUT2D eigenvalue weighted by Gasteiger charge is 2.38. The summed E-state index contributed by atoms with van der Waals surface area (Å²) in [5.74, 6) is 0.388. The minimum absolute atomic E-state index is 0.129. The highest BCUT2D eigenvalue weighted by Crippen LogP contribution is 2.31. The van der Waals surface area contributed by atoms with Crippen LogP contribution in [0.1, 0.15) is 13.8 Å². The minimum Gasteiger partial charge on any atom is -0.391 e. The van der Waals surface area contributed by atoms with Crippen molar-refractivity contribution in [3.05, 3.63) is 24.1 Å². The van der Waals surface area contributed by atoms with Gasteiger partial charge < -0.3 is 10.0 Å². The largest absolute Gasteiger partial charge is 0.391 e. The lowest BCUT2D eigenvalue weighted by Crippen LogP contribution is -2.26. The van der Waals surface area contributed by atoms with Crippen molar-refractivity contribution in [3.63, 3.8) is 0 Å². The predicted molar refractivity (Wildman–Crippen MR) is 56.2 cm³/mol. The van der Waals surface area contributed by atoms with Crippen molar-refractivity contribution in [1.82, 2.24) is 4.98 Å². The van der Waals surface area contributed by atoms with Gasteiger partial charge in [-0.3, -0.25) is 0 Å². The molecule has 82 valence electrons. The minimum atomic E-state index is -0.357. The first-order valence-corrected chi connectivity index (χ1v) is 5.03. The molecule has 1 aromatic rings. The number of halogens is 1. The second-order valence-electron chi connectivity index (χ2n) is 4.72. The molecule has 1 aliphatic heterocycles. The molecule has 1 fully saturated rings. The number of nitrogens with zero attached hydrogens (tertiary/aromatic N) is 2. The Balaban J connectivity index is 2.17. The zero-order valence-corrected chi connectivity index (χ0v) is 8.94. The van der Waals surface area contributed by atoms with Gasteiger partial charge in [0, 0.05) is 18.5 Å². The number of anilines is 1. The van der Waals surface area contributed by atoms with Crippen LogP contribution >= 0.6 is 0 Å². The number of hydrogen-bond donors (Lipinski definition) is 1. The van der Waals surface area contributed by atoms with Gasteiger partial charge in [-0.2, -0.15) is 0 Å². The van der Waals surface area contributed by atoms with Gasteiger partial charge in [0.2, 0.25) is 0 Å². The lowest BCUT2D eigenvalue weighted by molar-refractivity contribution is 0.0964. The smallest absolute Gasteiger partial charge is 0.141 e. The van der Waals surface area contributed by atoms with Crippen molar-refractivity contribution >= 4 is 5.82 Å². The van der Waals surface area contributed by atoms with Gasteiger partial charge in [0.25, 0.3) is 0 Å². The molecule has 3 nitrogen and oxygen atoms in total. The van der Waals surface area contributed by atoms with Crippen molar-refractivity contribution in [1.29, 1.82) is 0 Å². The summed E-state index contributed by atoms with van der Waals surface area (Å²) in [4.78, 5) is 5.98. The zero-order valence-electron chi connectivity index (χ0n) is 8.94. The molecule has 1 saturated heterocycles. The van der Waals surface area contributed by atoms with Crippen LogP contribution in [0.5, 0.6) is 0 Å². The summed E-state index contributed by atoms with van der Waals surface area (Å²) >= 11 is 0. The highest BCUT2D eigenvalue weighted by molar-refractivity contribution is 5.40. The van der Waals surface area contributed by atoms with Gasteiger partial charge in [0.1, 0.15) is 11.6 Å². The Bertz CT molecular complexity index is 350. The van der Waals surface area contributed by atoms with Crippen molar-refractivity contribution in [2.45, 2.75) is 20.0 Å². The van der Waals surface area contributed by atoms with Crippen molar-refractivity contribution in [2.75, 3.05) is 18.0 Å². The molecule has 1 aromatic heterocycles. The Labute approximate surface area is 88.6 Å². The number of aliphatic hydroxyl groups is 1. The number of aromatic nitrogens is 1. The van der Waals surface area contributed by atoms with E-state index in [-0.39, 0.29) is 17.3 Å². The first-order chi connectivity index (χ1) is 6.99. The first kappa shape index (κ1) is 10.4. The molecule has 2 heterocycles. The van der Waals surface area contributed by atoms with Crippen molar-refractivity contribution < 1.29 is 9.50 Å². The fourth-order valence-corrected chi connectivity index (χ4v) is 1.85. The molecule has 2 rings (SSSR count). The number of hydrogen-bond acceptors (Lipinski definition) is 3. The molecule has 0 saturated carbocycles. The van der Waals surface area contributed by atoms with E-state index in [2.05, 4.69) is 4.98 Å². The van der Waals surface area contributed by atoms with Gasteiger partial charge >= 0.3 is 0 Å². The molecule has 15 heavy (non-hydrogen) atoms. The average molecular weight is 210 g/mol. The molecular formula is C11H15FN2O. The Morgan fingerprint density at radius 3 is 2.73 bits per heavy atom. The Hall–Kier alpha value is -1.16. The quantitative estimate of drug-likeness (QED) is 0.761. The van der Waals surface area contributed by atoms with Crippen LogP contribution < -0.4 is 4.90 Å². The fraction of sp³-hybridized carbons (Fsp3) is 0.545. The Morgan fingerprint density at radius 1 is 1.53 bits per heavy atom. The van der Waals surface area contributed by atoms with E-state index in [1.165, 1.54) is 12.3 Å². The zero-order chi connectivity index (χ0) is 11.1. The molecule has 1 N–H and O–H groups in total. The SMILES string of the molecule is CC1(C)CN(c2ccc(F)cn2)CC1O. The first-order valence-electron chi connectivity index (χ1n) is 5.03. The number of β-amino-alcohol motifs (C(OH)–C–C–N with tert-alkyl or cyclic N) is 1. The summed E-state index contributed by atoms with van der Waals surface area (Å²) in [6.07, 6.45) is 0.844. The second kappa shape index (κ2) is 3.45. The predicted octanol–water partition coefficient (Wildman–Crippen LogP) is 1.43. The lowest BCUT2D eigenvalue weighted by Gasteiger charge is -2.21. The summed E-state index contributed by atoms with van der Waals surface area (Å²) in [5.41, 5.74) is -0.129. The molecule has 4 heteroatoms. The summed E-state index contributed by atoms with van der Waals surface area (Å²) in [5, 5.41) is 9.80. The molecule has 1 unspecified atom stereocenters. The third-order valence-electron chi connectivity index (χ3n) is 2.93. The van der Waals surface area contributed by atoms with E-state index in [0.717, 1.165) is 12.4 Å². The van der Waals surface area contributed by atoms with E-state index < -0.39 is 0 Å². The van der Waals surface area contributed by atoms with Crippen LogP contribution in [0.2, 0.25) is 0 Å². The van der Waals surface area contributed by atoms with Crippen molar-refractivity contribution in [3.8, 4) is 0 Å². The maximum absolute atomic E-state index is 12.7. The van der Waals surface area contributed by atoms with E-state index in [1.807, 2.05) is 18.7 Å². The van der Waals surface area contributed by atoms with Crippen LogP contribution in [0.3, 0.4) is 0 Å². The molecular weight excluding hydrogens is 195 g/mol. The number of pyridine rings is 1. The molecule has 1 aliphatic rings. The average Bonchev–Trinajstić information content (AvgIpc) is 2.42. The third-order valence-corrected chi connectivity index (χ3v) is 2.93. The molecule has 1 atom stereocenters. The molecule has 0 amide bonds. The summed E-state index contributed by atoms with van der Waals surface area (Å²) in [6.45, 7) is 5.33. The highest BCUT2D eigenvalue weighted by atomic mass is 19.1. The molecule has 0 aliphatic carbocycles. The molecule has 0 aromatic carbocycles. The Morgan fingerprint density at radius 2 is 2.27 bits per heavy atom. The maximum atomic E-state index is 12.7. The molecule has 0 bridgehead atoms. The molecule has 0 radical (unpaired) electrons. The van der Waals surface area contributed by atoms with Gasteiger partial charge in [0.05, 0.1) is 12.3 Å². The van der Waals surface area contributed by atoms with E-state index in [9.17, 15) is 9.50 Å². The van der Waals surface area contributed by atoms with E-state index >= 15 is 0 Å². The summed E-state index contributed by atoms with van der Waals surface area (Å²) in [7, 11) is 0. The number of aliphatic hydroxyl groups excluding tert-OH is 1. The van der Waals surface area contributed by atoms with Crippen LogP contribution in [-0.4, -0.2) is 29.3 Å². The van der Waals surface area contributed by atoms with Crippen LogP contribution in [0, 0.1) is 11.2 Å². The Kier molecular flexibility index (Phi) is 2.38. The monoisotopic (exact) mass is 210 g/mol. The maximum Gasteiger partial charge on any atom is 0.141 e. The third kappa shape index (κ3) is 1.95. The van der Waals surface area contributed by atoms with E-state index in [0.29, 0.717) is 6.54 Å². The standard InChI is InChI=1S/C11H15FN2O/c1-11(2)7-14(6-9(11)15)10-4-3-8(12)5-13-10/h3-5,9,15H,6-7H2,1-2H3. The summed E-state index contributed by atoms with van der Waals surface area (Å²) in [6, 6.07) is 3.03. The van der Waals surface area contributed by atoms with Crippen LogP contribution in [0.4, 0.5) is 10.2 Å². The normalized spacial score (nSPS) is 24.5. The fourth-order valence-electron chi connectivity index (χ4n) is 1.85. The summed E-state index contributed by atoms with van der Waals surface area (Å²) < 4.78 is 12.7. The van der Waals surface area contributed by atoms with Crippen molar-refractivity contribution in [2.24, 2.45) is 5.41 Å². The van der Waals surface area contributed by atoms with Gasteiger partial charge in [-0.15, -0.1) is 0 Å². The van der Waals surface area contributed by atoms with Gasteiger partial charge in [-0.05, 0) is 12.1 Å². The molecule has 0 spiro atoms. The van der Waals surface area contributed by atoms with E-state index in [4.69, 9.17) is 0 Å². The van der Waals surface area contributed by atoms with E-state index in [1.54, 1.807) is 6.07 Å². The van der Waals surface area contributed by atoms with Crippen LogP contribution in [0.15, 0.2) is 18.3 Å². The van der Waals surface area contributed by atoms with Crippen LogP contribution in [-0.2, 0) is 0 Å². The second-order valence-corrected chi connectivity index (χ2v) is 4.72. The van der Waals surface area contributed by atoms with Gasteiger partial charge in [-0.25, -0.2) is 9.37 Å². The van der Waals surface area contributed by atoms with Gasteiger partial charge in [0.15, 0.2) is 0 Å². The van der Waals surface area contributed by atoms with Gasteiger partial charge in [-0.1, -0.05) is 13.8 Å². The topological polar surface area (TPSA) is 36.4 Å².